The fourth-order valence-corrected chi connectivity index (χ4v) is 7.87. The maximum atomic E-state index is 13.1. The number of piperazine rings is 1. The van der Waals surface area contributed by atoms with Crippen molar-refractivity contribution < 1.29 is 23.9 Å². The van der Waals surface area contributed by atoms with Crippen LogP contribution in [0.1, 0.15) is 70.8 Å². The van der Waals surface area contributed by atoms with E-state index in [2.05, 4.69) is 58.8 Å². The second kappa shape index (κ2) is 15.0. The van der Waals surface area contributed by atoms with E-state index in [1.54, 1.807) is 11.3 Å². The maximum absolute atomic E-state index is 13.1. The zero-order chi connectivity index (χ0) is 31.9. The fraction of sp³-hybridized carbons (Fsp3) is 0.556. The van der Waals surface area contributed by atoms with Gasteiger partial charge in [-0.3, -0.25) is 19.4 Å². The summed E-state index contributed by atoms with van der Waals surface area (Å²) in [6.07, 6.45) is 7.60. The van der Waals surface area contributed by atoms with Crippen molar-refractivity contribution in [1.82, 2.24) is 10.4 Å². The summed E-state index contributed by atoms with van der Waals surface area (Å²) in [5, 5.41) is 3.54. The van der Waals surface area contributed by atoms with Gasteiger partial charge in [0.05, 0.1) is 18.9 Å². The molecule has 1 N–H and O–H groups in total. The zero-order valence-electron chi connectivity index (χ0n) is 27.3. The van der Waals surface area contributed by atoms with Crippen molar-refractivity contribution in [2.75, 3.05) is 62.5 Å². The van der Waals surface area contributed by atoms with Gasteiger partial charge in [-0.25, -0.2) is 4.79 Å². The van der Waals surface area contributed by atoms with E-state index in [0.717, 1.165) is 69.7 Å². The highest BCUT2D eigenvalue weighted by molar-refractivity contribution is 7.17. The Bertz CT molecular complexity index is 1480. The second-order valence-electron chi connectivity index (χ2n) is 13.5. The van der Waals surface area contributed by atoms with Crippen molar-refractivity contribution in [2.45, 2.75) is 70.6 Å². The summed E-state index contributed by atoms with van der Waals surface area (Å²) in [7, 11) is 0. The number of unbranched alkanes of at least 4 members (excludes halogenated alkanes) is 1. The standard InChI is InChI=1S/C36H48N4O5S/c1-36(2)24-34(41)40(26-44-35(42)37-45-25-27-9-4-3-5-10-27)32-23-28(13-14-30(32)36)43-21-7-6-16-38-17-19-39(20-18-38)31-11-8-12-33-29(31)15-22-46-33/h8,11-15,22-23,27H,3-7,9-10,16-21,24-26H2,1-2H3,(H,37,42). The lowest BCUT2D eigenvalue weighted by molar-refractivity contribution is -0.121. The number of hydrogen-bond donors (Lipinski definition) is 1. The Hall–Kier alpha value is -3.34. The van der Waals surface area contributed by atoms with Crippen LogP contribution in [-0.2, 0) is 19.8 Å². The third-order valence-electron chi connectivity index (χ3n) is 9.73. The summed E-state index contributed by atoms with van der Waals surface area (Å²) in [5.41, 5.74) is 5.18. The van der Waals surface area contributed by atoms with Gasteiger partial charge < -0.3 is 14.4 Å². The summed E-state index contributed by atoms with van der Waals surface area (Å²) in [6, 6.07) is 14.8. The number of amides is 2. The number of nitrogens with one attached hydrogen (secondary N) is 1. The van der Waals surface area contributed by atoms with Gasteiger partial charge in [0.25, 0.3) is 0 Å². The third kappa shape index (κ3) is 7.96. The number of fused-ring (bicyclic) bond motifs is 2. The number of thiophene rings is 1. The maximum Gasteiger partial charge on any atom is 0.433 e. The molecule has 0 radical (unpaired) electrons. The number of hydroxylamine groups is 1. The molecule has 1 aliphatic carbocycles. The molecule has 1 saturated carbocycles. The zero-order valence-corrected chi connectivity index (χ0v) is 28.1. The lowest BCUT2D eigenvalue weighted by Crippen LogP contribution is -2.46. The molecule has 2 aromatic carbocycles. The van der Waals surface area contributed by atoms with Crippen LogP contribution in [0.5, 0.6) is 5.75 Å². The summed E-state index contributed by atoms with van der Waals surface area (Å²) in [6.45, 7) is 10.3. The van der Waals surface area contributed by atoms with Crippen LogP contribution >= 0.6 is 11.3 Å². The minimum absolute atomic E-state index is 0.0855. The Labute approximate surface area is 276 Å². The quantitative estimate of drug-likeness (QED) is 0.166. The monoisotopic (exact) mass is 648 g/mol. The topological polar surface area (TPSA) is 83.6 Å². The Morgan fingerprint density at radius 1 is 1.00 bits per heavy atom. The van der Waals surface area contributed by atoms with Gasteiger partial charge in [0, 0.05) is 59.9 Å². The number of nitrogens with zero attached hydrogens (tertiary/aromatic N) is 3. The molecule has 2 amide bonds. The van der Waals surface area contributed by atoms with Crippen LogP contribution in [0, 0.1) is 5.92 Å². The number of benzene rings is 2. The van der Waals surface area contributed by atoms with Gasteiger partial charge in [-0.15, -0.1) is 11.3 Å². The Morgan fingerprint density at radius 2 is 1.83 bits per heavy atom. The smallest absolute Gasteiger partial charge is 0.433 e. The van der Waals surface area contributed by atoms with Gasteiger partial charge in [-0.1, -0.05) is 45.2 Å². The summed E-state index contributed by atoms with van der Waals surface area (Å²) < 4.78 is 12.9. The third-order valence-corrected chi connectivity index (χ3v) is 10.6. The Balaban J connectivity index is 0.945. The number of carbonyl (C=O) groups excluding carboxylic acids is 2. The number of anilines is 2. The molecule has 2 fully saturated rings. The molecule has 0 unspecified atom stereocenters. The Morgan fingerprint density at radius 3 is 2.65 bits per heavy atom. The number of carbonyl (C=O) groups is 2. The molecule has 0 bridgehead atoms. The van der Waals surface area contributed by atoms with Crippen LogP contribution in [0.15, 0.2) is 47.8 Å². The van der Waals surface area contributed by atoms with Crippen LogP contribution in [0.4, 0.5) is 16.2 Å². The first kappa shape index (κ1) is 32.6. The van der Waals surface area contributed by atoms with E-state index in [1.807, 2.05) is 18.2 Å². The molecule has 3 aromatic rings. The van der Waals surface area contributed by atoms with E-state index in [-0.39, 0.29) is 18.1 Å². The van der Waals surface area contributed by atoms with Crippen molar-refractivity contribution in [2.24, 2.45) is 5.92 Å². The van der Waals surface area contributed by atoms with Gasteiger partial charge >= 0.3 is 6.09 Å². The van der Waals surface area contributed by atoms with Crippen molar-refractivity contribution in [3.63, 3.8) is 0 Å². The predicted octanol–water partition coefficient (Wildman–Crippen LogP) is 7.09. The Kier molecular flexibility index (Phi) is 10.7. The molecule has 1 saturated heterocycles. The molecule has 2 aliphatic heterocycles. The van der Waals surface area contributed by atoms with E-state index in [0.29, 0.717) is 31.3 Å². The first-order chi connectivity index (χ1) is 22.4. The highest BCUT2D eigenvalue weighted by Gasteiger charge is 2.37. The predicted molar refractivity (Wildman–Crippen MR) is 184 cm³/mol. The van der Waals surface area contributed by atoms with Gasteiger partial charge in [0.1, 0.15) is 5.75 Å². The lowest BCUT2D eigenvalue weighted by Gasteiger charge is -2.38. The van der Waals surface area contributed by atoms with Crippen molar-refractivity contribution >= 4 is 44.8 Å². The van der Waals surface area contributed by atoms with Crippen LogP contribution in [-0.4, -0.2) is 69.6 Å². The van der Waals surface area contributed by atoms with Gasteiger partial charge in [0.15, 0.2) is 6.73 Å². The second-order valence-corrected chi connectivity index (χ2v) is 14.5. The number of rotatable bonds is 12. The highest BCUT2D eigenvalue weighted by atomic mass is 32.1. The normalized spacial score (nSPS) is 18.9. The van der Waals surface area contributed by atoms with Gasteiger partial charge in [-0.2, -0.15) is 5.48 Å². The van der Waals surface area contributed by atoms with Crippen molar-refractivity contribution in [1.29, 1.82) is 0 Å². The number of ether oxygens (including phenoxy) is 2. The molecule has 0 atom stereocenters. The lowest BCUT2D eigenvalue weighted by atomic mass is 9.77. The van der Waals surface area contributed by atoms with E-state index >= 15 is 0 Å². The van der Waals surface area contributed by atoms with E-state index in [4.69, 9.17) is 14.3 Å². The highest BCUT2D eigenvalue weighted by Crippen LogP contribution is 2.42. The largest absolute Gasteiger partial charge is 0.494 e. The molecule has 46 heavy (non-hydrogen) atoms. The van der Waals surface area contributed by atoms with Crippen molar-refractivity contribution in [3.05, 3.63) is 53.4 Å². The summed E-state index contributed by atoms with van der Waals surface area (Å²) in [4.78, 5) is 37.5. The number of hydrogen-bond acceptors (Lipinski definition) is 8. The molecule has 0 spiro atoms. The first-order valence-corrected chi connectivity index (χ1v) is 17.8. The van der Waals surface area contributed by atoms with Crippen molar-refractivity contribution in [3.8, 4) is 5.75 Å². The molecule has 10 heteroatoms. The molecule has 3 heterocycles. The molecular formula is C36H48N4O5S. The minimum atomic E-state index is -0.691. The molecule has 1 aromatic heterocycles. The molecule has 248 valence electrons. The van der Waals surface area contributed by atoms with E-state index in [9.17, 15) is 9.59 Å². The molecular weight excluding hydrogens is 600 g/mol. The minimum Gasteiger partial charge on any atom is -0.494 e. The van der Waals surface area contributed by atoms with Crippen LogP contribution in [0.2, 0.25) is 0 Å². The van der Waals surface area contributed by atoms with E-state index in [1.165, 1.54) is 39.9 Å². The van der Waals surface area contributed by atoms with Gasteiger partial charge in [0.2, 0.25) is 5.91 Å². The van der Waals surface area contributed by atoms with E-state index < -0.39 is 6.09 Å². The van der Waals surface area contributed by atoms with Gasteiger partial charge in [-0.05, 0) is 73.4 Å². The fourth-order valence-electron chi connectivity index (χ4n) is 7.06. The average Bonchev–Trinajstić information content (AvgIpc) is 3.54. The molecule has 3 aliphatic rings. The van der Waals surface area contributed by atoms with Crippen LogP contribution < -0.4 is 20.0 Å². The van der Waals surface area contributed by atoms with Crippen LogP contribution in [0.3, 0.4) is 0 Å². The first-order valence-electron chi connectivity index (χ1n) is 16.9. The summed E-state index contributed by atoms with van der Waals surface area (Å²) >= 11 is 1.81. The molecule has 9 nitrogen and oxygen atoms in total. The SMILES string of the molecule is CC1(C)CC(=O)N(COC(=O)NOCC2CCCCC2)c2cc(OCCCCN3CCN(c4cccc5sccc45)CC3)ccc21. The van der Waals surface area contributed by atoms with Crippen LogP contribution in [0.25, 0.3) is 10.1 Å². The average molecular weight is 649 g/mol. The summed E-state index contributed by atoms with van der Waals surface area (Å²) in [5.74, 6) is 1.10. The molecule has 6 rings (SSSR count).